The van der Waals surface area contributed by atoms with Gasteiger partial charge in [-0.1, -0.05) is 23.7 Å². The summed E-state index contributed by atoms with van der Waals surface area (Å²) in [5, 5.41) is 14.8. The number of aryl methyl sites for hydroxylation is 2. The number of H-pyrrole nitrogens is 1. The average molecular weight is 374 g/mol. The van der Waals surface area contributed by atoms with Gasteiger partial charge in [0, 0.05) is 24.8 Å². The highest BCUT2D eigenvalue weighted by Crippen LogP contribution is 2.22. The Hall–Kier alpha value is -2.80. The fourth-order valence-corrected chi connectivity index (χ4v) is 2.67. The normalized spacial score (nSPS) is 10.7. The van der Waals surface area contributed by atoms with Crippen LogP contribution in [0.2, 0.25) is 5.02 Å². The van der Waals surface area contributed by atoms with Crippen LogP contribution in [0.4, 0.5) is 0 Å². The summed E-state index contributed by atoms with van der Waals surface area (Å²) >= 11 is 5.97. The monoisotopic (exact) mass is 373 g/mol. The molecule has 136 valence electrons. The predicted octanol–water partition coefficient (Wildman–Crippen LogP) is 3.06. The van der Waals surface area contributed by atoms with Gasteiger partial charge in [-0.05, 0) is 31.5 Å². The Morgan fingerprint density at radius 1 is 1.38 bits per heavy atom. The molecule has 2 N–H and O–H groups in total. The second-order valence-corrected chi connectivity index (χ2v) is 6.24. The molecule has 0 atom stereocenters. The number of carbonyl (C=O) groups excluding carboxylic acids is 1. The first kappa shape index (κ1) is 18.0. The van der Waals surface area contributed by atoms with Crippen LogP contribution in [0.25, 0.3) is 11.3 Å². The Morgan fingerprint density at radius 2 is 2.23 bits per heavy atom. The van der Waals surface area contributed by atoms with Gasteiger partial charge in [0.15, 0.2) is 0 Å². The lowest BCUT2D eigenvalue weighted by Gasteiger charge is -2.04. The molecule has 0 aliphatic rings. The number of nitrogens with zero attached hydrogens (tertiary/aromatic N) is 3. The molecule has 3 rings (SSSR count). The number of halogens is 1. The molecular weight excluding hydrogens is 354 g/mol. The summed E-state index contributed by atoms with van der Waals surface area (Å²) in [4.78, 5) is 12.2. The lowest BCUT2D eigenvalue weighted by molar-refractivity contribution is 0.0947. The zero-order valence-corrected chi connectivity index (χ0v) is 15.4. The van der Waals surface area contributed by atoms with Crippen molar-refractivity contribution in [1.82, 2.24) is 25.3 Å². The van der Waals surface area contributed by atoms with Crippen molar-refractivity contribution in [3.8, 4) is 17.0 Å². The molecule has 0 unspecified atom stereocenters. The van der Waals surface area contributed by atoms with Gasteiger partial charge in [0.05, 0.1) is 23.5 Å². The van der Waals surface area contributed by atoms with E-state index < -0.39 is 0 Å². The molecular formula is C18H20ClN5O2. The van der Waals surface area contributed by atoms with Crippen LogP contribution < -0.4 is 10.1 Å². The van der Waals surface area contributed by atoms with Crippen molar-refractivity contribution in [2.75, 3.05) is 13.7 Å². The average Bonchev–Trinajstić information content (AvgIpc) is 3.26. The van der Waals surface area contributed by atoms with E-state index in [2.05, 4.69) is 20.6 Å². The highest BCUT2D eigenvalue weighted by Gasteiger charge is 2.11. The number of benzene rings is 1. The number of amides is 1. The van der Waals surface area contributed by atoms with Crippen LogP contribution in [0.15, 0.2) is 36.5 Å². The highest BCUT2D eigenvalue weighted by molar-refractivity contribution is 6.31. The third kappa shape index (κ3) is 4.23. The molecule has 0 aliphatic heterocycles. The summed E-state index contributed by atoms with van der Waals surface area (Å²) in [6.07, 6.45) is 2.54. The zero-order chi connectivity index (χ0) is 18.5. The third-order valence-electron chi connectivity index (χ3n) is 3.92. The number of aromatic nitrogens is 4. The van der Waals surface area contributed by atoms with Crippen molar-refractivity contribution in [3.63, 3.8) is 0 Å². The van der Waals surface area contributed by atoms with Gasteiger partial charge < -0.3 is 10.1 Å². The molecule has 8 heteroatoms. The molecule has 0 saturated heterocycles. The van der Waals surface area contributed by atoms with Crippen molar-refractivity contribution >= 4 is 17.5 Å². The van der Waals surface area contributed by atoms with E-state index in [9.17, 15) is 4.79 Å². The summed E-state index contributed by atoms with van der Waals surface area (Å²) in [6.45, 7) is 3.08. The van der Waals surface area contributed by atoms with Gasteiger partial charge in [0.2, 0.25) is 0 Å². The predicted molar refractivity (Wildman–Crippen MR) is 99.5 cm³/mol. The van der Waals surface area contributed by atoms with Gasteiger partial charge >= 0.3 is 0 Å². The number of methoxy groups -OCH3 is 1. The summed E-state index contributed by atoms with van der Waals surface area (Å²) < 4.78 is 6.99. The molecule has 1 aromatic carbocycles. The van der Waals surface area contributed by atoms with Crippen molar-refractivity contribution in [1.29, 1.82) is 0 Å². The van der Waals surface area contributed by atoms with Gasteiger partial charge in [-0.2, -0.15) is 10.2 Å². The van der Waals surface area contributed by atoms with Crippen LogP contribution in [0, 0.1) is 6.92 Å². The summed E-state index contributed by atoms with van der Waals surface area (Å²) in [6, 6.07) is 9.25. The van der Waals surface area contributed by atoms with Crippen LogP contribution in [0.1, 0.15) is 22.6 Å². The molecule has 26 heavy (non-hydrogen) atoms. The van der Waals surface area contributed by atoms with E-state index >= 15 is 0 Å². The first-order valence-electron chi connectivity index (χ1n) is 8.24. The number of nitrogens with one attached hydrogen (secondary N) is 2. The Bertz CT molecular complexity index is 883. The quantitative estimate of drug-likeness (QED) is 0.623. The minimum Gasteiger partial charge on any atom is -0.497 e. The molecule has 0 bridgehead atoms. The summed E-state index contributed by atoms with van der Waals surface area (Å²) in [5.74, 6) is 0.548. The molecule has 0 fully saturated rings. The lowest BCUT2D eigenvalue weighted by atomic mass is 10.1. The highest BCUT2D eigenvalue weighted by atomic mass is 35.5. The fourth-order valence-electron chi connectivity index (χ4n) is 2.51. The van der Waals surface area contributed by atoms with Gasteiger partial charge in [-0.15, -0.1) is 0 Å². The van der Waals surface area contributed by atoms with E-state index in [1.54, 1.807) is 24.1 Å². The molecule has 7 nitrogen and oxygen atoms in total. The lowest BCUT2D eigenvalue weighted by Crippen LogP contribution is -2.25. The second kappa shape index (κ2) is 8.05. The van der Waals surface area contributed by atoms with Crippen molar-refractivity contribution in [2.24, 2.45) is 0 Å². The SMILES string of the molecule is COc1cccc(-c2cc(C(=O)NCCCn3cc(Cl)c(C)n3)[nH]n2)c1. The van der Waals surface area contributed by atoms with E-state index in [0.29, 0.717) is 29.5 Å². The molecule has 0 spiro atoms. The van der Waals surface area contributed by atoms with Gasteiger partial charge in [-0.25, -0.2) is 0 Å². The van der Waals surface area contributed by atoms with Crippen molar-refractivity contribution < 1.29 is 9.53 Å². The van der Waals surface area contributed by atoms with Gasteiger partial charge in [0.1, 0.15) is 11.4 Å². The standard InChI is InChI=1S/C18H20ClN5O2/c1-12-15(19)11-24(23-12)8-4-7-20-18(25)17-10-16(21-22-17)13-5-3-6-14(9-13)26-2/h3,5-6,9-11H,4,7-8H2,1-2H3,(H,20,25)(H,21,22). The summed E-state index contributed by atoms with van der Waals surface area (Å²) in [7, 11) is 1.61. The van der Waals surface area contributed by atoms with E-state index in [4.69, 9.17) is 16.3 Å². The number of hydrogen-bond acceptors (Lipinski definition) is 4. The van der Waals surface area contributed by atoms with Gasteiger partial charge in [0.25, 0.3) is 5.91 Å². The third-order valence-corrected chi connectivity index (χ3v) is 4.30. The van der Waals surface area contributed by atoms with Gasteiger partial charge in [-0.3, -0.25) is 14.6 Å². The Balaban J connectivity index is 1.53. The minimum absolute atomic E-state index is 0.193. The van der Waals surface area contributed by atoms with E-state index in [-0.39, 0.29) is 5.91 Å². The number of hydrogen-bond donors (Lipinski definition) is 2. The zero-order valence-electron chi connectivity index (χ0n) is 14.6. The number of rotatable bonds is 7. The Labute approximate surface area is 156 Å². The van der Waals surface area contributed by atoms with E-state index in [1.165, 1.54) is 0 Å². The Morgan fingerprint density at radius 3 is 2.96 bits per heavy atom. The first-order chi connectivity index (χ1) is 12.6. The van der Waals surface area contributed by atoms with Crippen LogP contribution in [0.3, 0.4) is 0 Å². The van der Waals surface area contributed by atoms with Crippen LogP contribution in [-0.2, 0) is 6.54 Å². The molecule has 2 aromatic heterocycles. The molecule has 1 amide bonds. The smallest absolute Gasteiger partial charge is 0.269 e. The number of carbonyl (C=O) groups is 1. The molecule has 0 radical (unpaired) electrons. The Kier molecular flexibility index (Phi) is 5.58. The molecule has 2 heterocycles. The maximum absolute atomic E-state index is 12.2. The van der Waals surface area contributed by atoms with Crippen LogP contribution in [0.5, 0.6) is 5.75 Å². The maximum Gasteiger partial charge on any atom is 0.269 e. The second-order valence-electron chi connectivity index (χ2n) is 5.83. The van der Waals surface area contributed by atoms with Crippen molar-refractivity contribution in [2.45, 2.75) is 19.9 Å². The molecule has 3 aromatic rings. The topological polar surface area (TPSA) is 84.8 Å². The first-order valence-corrected chi connectivity index (χ1v) is 8.62. The van der Waals surface area contributed by atoms with Crippen LogP contribution >= 0.6 is 11.6 Å². The summed E-state index contributed by atoms with van der Waals surface area (Å²) in [5.41, 5.74) is 2.79. The van der Waals surface area contributed by atoms with Crippen LogP contribution in [-0.4, -0.2) is 39.5 Å². The maximum atomic E-state index is 12.2. The number of aromatic amines is 1. The molecule has 0 saturated carbocycles. The molecule has 0 aliphatic carbocycles. The number of ether oxygens (including phenoxy) is 1. The van der Waals surface area contributed by atoms with E-state index in [0.717, 1.165) is 23.4 Å². The van der Waals surface area contributed by atoms with E-state index in [1.807, 2.05) is 31.2 Å². The minimum atomic E-state index is -0.193. The fraction of sp³-hybridized carbons (Fsp3) is 0.278. The van der Waals surface area contributed by atoms with Crippen molar-refractivity contribution in [3.05, 3.63) is 52.9 Å². The largest absolute Gasteiger partial charge is 0.497 e.